The van der Waals surface area contributed by atoms with Gasteiger partial charge in [-0.2, -0.15) is 4.98 Å². The molecule has 2 aliphatic rings. The molecule has 33 heavy (non-hydrogen) atoms. The first-order valence-electron chi connectivity index (χ1n) is 12.3. The fourth-order valence-corrected chi connectivity index (χ4v) is 4.94. The highest BCUT2D eigenvalue weighted by Crippen LogP contribution is 2.30. The van der Waals surface area contributed by atoms with Crippen LogP contribution in [0.3, 0.4) is 0 Å². The van der Waals surface area contributed by atoms with Gasteiger partial charge in [0.05, 0.1) is 5.69 Å². The second-order valence-corrected chi connectivity index (χ2v) is 9.71. The van der Waals surface area contributed by atoms with Gasteiger partial charge in [0.1, 0.15) is 5.82 Å². The summed E-state index contributed by atoms with van der Waals surface area (Å²) in [7, 11) is 4.13. The van der Waals surface area contributed by atoms with Gasteiger partial charge in [-0.05, 0) is 75.8 Å². The summed E-state index contributed by atoms with van der Waals surface area (Å²) in [6.45, 7) is 2.62. The molecule has 176 valence electrons. The number of hydrogen-bond donors (Lipinski definition) is 2. The molecule has 2 N–H and O–H groups in total. The SMILES string of the molecule is CC(=Cc1ccccc1)C(=O)NC[C@H]1CC[C@@H](Nc2nc3c(c(N(C)C)n2)CCCC3)CC1. The largest absolute Gasteiger partial charge is 0.362 e. The maximum atomic E-state index is 12.5. The average Bonchev–Trinajstić information content (AvgIpc) is 2.83. The van der Waals surface area contributed by atoms with Gasteiger partial charge < -0.3 is 15.5 Å². The van der Waals surface area contributed by atoms with E-state index < -0.39 is 0 Å². The Hall–Kier alpha value is -2.89. The van der Waals surface area contributed by atoms with Gasteiger partial charge in [-0.25, -0.2) is 4.98 Å². The molecule has 0 bridgehead atoms. The number of fused-ring (bicyclic) bond motifs is 1. The van der Waals surface area contributed by atoms with Crippen molar-refractivity contribution in [1.29, 1.82) is 0 Å². The Morgan fingerprint density at radius 2 is 1.79 bits per heavy atom. The van der Waals surface area contributed by atoms with E-state index >= 15 is 0 Å². The molecule has 4 rings (SSSR count). The van der Waals surface area contributed by atoms with E-state index in [4.69, 9.17) is 9.97 Å². The summed E-state index contributed by atoms with van der Waals surface area (Å²) >= 11 is 0. The van der Waals surface area contributed by atoms with E-state index in [1.54, 1.807) is 0 Å². The highest BCUT2D eigenvalue weighted by Gasteiger charge is 2.24. The Labute approximate surface area is 197 Å². The third-order valence-corrected chi connectivity index (χ3v) is 6.86. The Morgan fingerprint density at radius 1 is 1.06 bits per heavy atom. The number of nitrogens with one attached hydrogen (secondary N) is 2. The van der Waals surface area contributed by atoms with E-state index in [1.165, 1.54) is 24.1 Å². The van der Waals surface area contributed by atoms with Gasteiger partial charge >= 0.3 is 0 Å². The van der Waals surface area contributed by atoms with Crippen LogP contribution in [0.25, 0.3) is 6.08 Å². The third kappa shape index (κ3) is 6.12. The van der Waals surface area contributed by atoms with Crippen molar-refractivity contribution < 1.29 is 4.79 Å². The Kier molecular flexibility index (Phi) is 7.63. The van der Waals surface area contributed by atoms with Gasteiger partial charge in [0, 0.05) is 37.8 Å². The van der Waals surface area contributed by atoms with Crippen molar-refractivity contribution in [2.45, 2.75) is 64.3 Å². The van der Waals surface area contributed by atoms with Crippen LogP contribution in [0.4, 0.5) is 11.8 Å². The zero-order valence-electron chi connectivity index (χ0n) is 20.2. The molecule has 1 heterocycles. The molecule has 1 fully saturated rings. The topological polar surface area (TPSA) is 70.2 Å². The second kappa shape index (κ2) is 10.8. The van der Waals surface area contributed by atoms with Gasteiger partial charge in [0.25, 0.3) is 0 Å². The summed E-state index contributed by atoms with van der Waals surface area (Å²) in [6.07, 6.45) is 10.9. The minimum atomic E-state index is 0.0257. The third-order valence-electron chi connectivity index (χ3n) is 6.86. The lowest BCUT2D eigenvalue weighted by Crippen LogP contribution is -2.34. The van der Waals surface area contributed by atoms with Crippen molar-refractivity contribution in [2.24, 2.45) is 5.92 Å². The number of hydrogen-bond acceptors (Lipinski definition) is 5. The number of aryl methyl sites for hydroxylation is 1. The van der Waals surface area contributed by atoms with E-state index in [9.17, 15) is 4.79 Å². The predicted octanol–water partition coefficient (Wildman–Crippen LogP) is 4.61. The molecule has 6 nitrogen and oxygen atoms in total. The van der Waals surface area contributed by atoms with Crippen LogP contribution in [0, 0.1) is 5.92 Å². The molecule has 1 aromatic heterocycles. The molecule has 0 radical (unpaired) electrons. The zero-order valence-corrected chi connectivity index (χ0v) is 20.2. The number of aromatic nitrogens is 2. The first-order valence-corrected chi connectivity index (χ1v) is 12.3. The fraction of sp³-hybridized carbons (Fsp3) is 0.519. The summed E-state index contributed by atoms with van der Waals surface area (Å²) in [5.74, 6) is 2.39. The van der Waals surface area contributed by atoms with Crippen molar-refractivity contribution in [1.82, 2.24) is 15.3 Å². The van der Waals surface area contributed by atoms with E-state index in [0.717, 1.165) is 68.0 Å². The van der Waals surface area contributed by atoms with Gasteiger partial charge in [-0.3, -0.25) is 4.79 Å². The lowest BCUT2D eigenvalue weighted by Gasteiger charge is -2.30. The molecule has 2 aliphatic carbocycles. The second-order valence-electron chi connectivity index (χ2n) is 9.71. The fourth-order valence-electron chi connectivity index (χ4n) is 4.94. The van der Waals surface area contributed by atoms with Crippen molar-refractivity contribution in [2.75, 3.05) is 30.9 Å². The first kappa shape index (κ1) is 23.3. The molecule has 1 aromatic carbocycles. The summed E-state index contributed by atoms with van der Waals surface area (Å²) in [6, 6.07) is 10.4. The van der Waals surface area contributed by atoms with E-state index in [1.807, 2.05) is 43.3 Å². The normalized spacial score (nSPS) is 20.6. The number of carbonyl (C=O) groups excluding carboxylic acids is 1. The maximum Gasteiger partial charge on any atom is 0.246 e. The van der Waals surface area contributed by atoms with Crippen molar-refractivity contribution in [3.8, 4) is 0 Å². The van der Waals surface area contributed by atoms with Gasteiger partial charge in [-0.1, -0.05) is 30.3 Å². The molecule has 1 saturated carbocycles. The summed E-state index contributed by atoms with van der Waals surface area (Å²) in [4.78, 5) is 24.3. The summed E-state index contributed by atoms with van der Waals surface area (Å²) in [5.41, 5.74) is 4.35. The molecule has 0 spiro atoms. The van der Waals surface area contributed by atoms with Crippen LogP contribution in [0.15, 0.2) is 35.9 Å². The van der Waals surface area contributed by atoms with Crippen LogP contribution in [0.1, 0.15) is 62.3 Å². The lowest BCUT2D eigenvalue weighted by molar-refractivity contribution is -0.117. The zero-order chi connectivity index (χ0) is 23.2. The molecular weight excluding hydrogens is 410 g/mol. The summed E-state index contributed by atoms with van der Waals surface area (Å²) < 4.78 is 0. The molecule has 1 amide bonds. The number of amides is 1. The molecule has 6 heteroatoms. The molecule has 2 aromatic rings. The smallest absolute Gasteiger partial charge is 0.246 e. The standard InChI is InChI=1S/C27H37N5O/c1-19(17-20-9-5-4-6-10-20)26(33)28-18-21-13-15-22(16-14-21)29-27-30-24-12-8-7-11-23(24)25(31-27)32(2)3/h4-6,9-10,17,21-22H,7-8,11-16,18H2,1-3H3,(H,28,33)(H,29,30,31)/t21-,22+. The lowest BCUT2D eigenvalue weighted by atomic mass is 9.86. The van der Waals surface area contributed by atoms with Crippen LogP contribution < -0.4 is 15.5 Å². The molecule has 0 saturated heterocycles. The number of nitrogens with zero attached hydrogens (tertiary/aromatic N) is 3. The van der Waals surface area contributed by atoms with Gasteiger partial charge in [0.15, 0.2) is 0 Å². The molecule has 0 atom stereocenters. The van der Waals surface area contributed by atoms with Crippen molar-refractivity contribution in [3.63, 3.8) is 0 Å². The minimum absolute atomic E-state index is 0.0257. The highest BCUT2D eigenvalue weighted by atomic mass is 16.1. The van der Waals surface area contributed by atoms with E-state index in [-0.39, 0.29) is 5.91 Å². The highest BCUT2D eigenvalue weighted by molar-refractivity contribution is 5.97. The first-order chi connectivity index (χ1) is 16.0. The minimum Gasteiger partial charge on any atom is -0.362 e. The van der Waals surface area contributed by atoms with Gasteiger partial charge in [0.2, 0.25) is 11.9 Å². The quantitative estimate of drug-likeness (QED) is 0.607. The van der Waals surface area contributed by atoms with E-state index in [2.05, 4.69) is 29.6 Å². The Balaban J connectivity index is 1.27. The predicted molar refractivity (Wildman–Crippen MR) is 135 cm³/mol. The van der Waals surface area contributed by atoms with Crippen LogP contribution in [-0.4, -0.2) is 42.6 Å². The Morgan fingerprint density at radius 3 is 2.52 bits per heavy atom. The van der Waals surface area contributed by atoms with E-state index in [0.29, 0.717) is 12.0 Å². The van der Waals surface area contributed by atoms with Gasteiger partial charge in [-0.15, -0.1) is 0 Å². The average molecular weight is 448 g/mol. The van der Waals surface area contributed by atoms with Crippen LogP contribution in [0.2, 0.25) is 0 Å². The van der Waals surface area contributed by atoms with Crippen molar-refractivity contribution in [3.05, 3.63) is 52.7 Å². The number of carbonyl (C=O) groups is 1. The number of benzene rings is 1. The molecular formula is C27H37N5O. The summed E-state index contributed by atoms with van der Waals surface area (Å²) in [5, 5.41) is 6.75. The molecule has 0 unspecified atom stereocenters. The van der Waals surface area contributed by atoms with Crippen molar-refractivity contribution >= 4 is 23.7 Å². The number of rotatable bonds is 7. The maximum absolute atomic E-state index is 12.5. The van der Waals surface area contributed by atoms with Crippen LogP contribution in [-0.2, 0) is 17.6 Å². The van der Waals surface area contributed by atoms with Crippen LogP contribution in [0.5, 0.6) is 0 Å². The Bertz CT molecular complexity index is 978. The molecule has 0 aliphatic heterocycles. The monoisotopic (exact) mass is 447 g/mol. The van der Waals surface area contributed by atoms with Crippen LogP contribution >= 0.6 is 0 Å². The number of anilines is 2.